The summed E-state index contributed by atoms with van der Waals surface area (Å²) < 4.78 is 5.59. The molecule has 0 amide bonds. The maximum Gasteiger partial charge on any atom is 0.0645 e. The van der Waals surface area contributed by atoms with Crippen LogP contribution < -0.4 is 5.32 Å². The molecule has 0 unspecified atom stereocenters. The molecular formula is C15H22N2O. The summed E-state index contributed by atoms with van der Waals surface area (Å²) in [6, 6.07) is 6.68. The Bertz CT molecular complexity index is 442. The highest BCUT2D eigenvalue weighted by Gasteiger charge is 2.31. The second kappa shape index (κ2) is 4.56. The lowest BCUT2D eigenvalue weighted by molar-refractivity contribution is -0.0551. The normalized spacial score (nSPS) is 22.6. The van der Waals surface area contributed by atoms with Crippen molar-refractivity contribution in [3.8, 4) is 0 Å². The number of benzene rings is 1. The zero-order chi connectivity index (χ0) is 12.6. The van der Waals surface area contributed by atoms with E-state index in [1.54, 1.807) is 0 Å². The molecule has 0 aromatic heterocycles. The first-order chi connectivity index (χ1) is 8.67. The zero-order valence-corrected chi connectivity index (χ0v) is 11.3. The van der Waals surface area contributed by atoms with E-state index in [1.165, 1.54) is 16.8 Å². The molecule has 98 valence electrons. The van der Waals surface area contributed by atoms with E-state index >= 15 is 0 Å². The maximum atomic E-state index is 5.59. The summed E-state index contributed by atoms with van der Waals surface area (Å²) in [6.45, 7) is 9.34. The van der Waals surface area contributed by atoms with Gasteiger partial charge in [-0.15, -0.1) is 0 Å². The van der Waals surface area contributed by atoms with Crippen molar-refractivity contribution in [3.05, 3.63) is 29.3 Å². The van der Waals surface area contributed by atoms with Gasteiger partial charge in [0, 0.05) is 30.9 Å². The monoisotopic (exact) mass is 246 g/mol. The minimum absolute atomic E-state index is 0.138. The van der Waals surface area contributed by atoms with E-state index in [4.69, 9.17) is 4.74 Å². The van der Waals surface area contributed by atoms with Gasteiger partial charge in [-0.2, -0.15) is 0 Å². The largest absolute Gasteiger partial charge is 0.384 e. The van der Waals surface area contributed by atoms with Gasteiger partial charge in [0.25, 0.3) is 0 Å². The fourth-order valence-corrected chi connectivity index (χ4v) is 2.93. The van der Waals surface area contributed by atoms with Gasteiger partial charge in [0.1, 0.15) is 0 Å². The van der Waals surface area contributed by atoms with Crippen LogP contribution in [0.25, 0.3) is 0 Å². The maximum absolute atomic E-state index is 5.59. The van der Waals surface area contributed by atoms with Crippen molar-refractivity contribution in [3.63, 3.8) is 0 Å². The number of fused-ring (bicyclic) bond motifs is 1. The topological polar surface area (TPSA) is 24.5 Å². The van der Waals surface area contributed by atoms with Gasteiger partial charge in [-0.3, -0.25) is 4.90 Å². The van der Waals surface area contributed by atoms with Crippen LogP contribution in [0.5, 0.6) is 0 Å². The van der Waals surface area contributed by atoms with Gasteiger partial charge in [-0.1, -0.05) is 18.2 Å². The van der Waals surface area contributed by atoms with E-state index < -0.39 is 0 Å². The Hall–Kier alpha value is -1.06. The van der Waals surface area contributed by atoms with E-state index in [0.717, 1.165) is 39.3 Å². The highest BCUT2D eigenvalue weighted by atomic mass is 16.5. The number of ether oxygens (including phenoxy) is 1. The van der Waals surface area contributed by atoms with Crippen LogP contribution in [0.3, 0.4) is 0 Å². The van der Waals surface area contributed by atoms with Crippen LogP contribution in [0, 0.1) is 0 Å². The molecule has 0 saturated carbocycles. The van der Waals surface area contributed by atoms with Crippen LogP contribution in [-0.2, 0) is 17.7 Å². The molecule has 2 aliphatic heterocycles. The molecular weight excluding hydrogens is 224 g/mol. The van der Waals surface area contributed by atoms with Crippen molar-refractivity contribution < 1.29 is 4.74 Å². The van der Waals surface area contributed by atoms with Crippen molar-refractivity contribution in [2.75, 3.05) is 31.6 Å². The van der Waals surface area contributed by atoms with Gasteiger partial charge in [0.15, 0.2) is 0 Å². The summed E-state index contributed by atoms with van der Waals surface area (Å²) >= 11 is 0. The Balaban J connectivity index is 1.82. The molecule has 3 heteroatoms. The second-order valence-corrected chi connectivity index (χ2v) is 5.91. The summed E-state index contributed by atoms with van der Waals surface area (Å²) in [6.07, 6.45) is 1.16. The number of anilines is 1. The minimum atomic E-state index is 0.138. The predicted molar refractivity (Wildman–Crippen MR) is 73.9 cm³/mol. The smallest absolute Gasteiger partial charge is 0.0645 e. The molecule has 0 bridgehead atoms. The summed E-state index contributed by atoms with van der Waals surface area (Å²) in [5, 5.41) is 3.53. The molecule has 0 aliphatic carbocycles. The molecule has 1 fully saturated rings. The quantitative estimate of drug-likeness (QED) is 0.866. The Labute approximate surface area is 109 Å². The van der Waals surface area contributed by atoms with Gasteiger partial charge < -0.3 is 10.1 Å². The van der Waals surface area contributed by atoms with E-state index in [9.17, 15) is 0 Å². The first kappa shape index (κ1) is 12.0. The van der Waals surface area contributed by atoms with Crippen LogP contribution >= 0.6 is 0 Å². The van der Waals surface area contributed by atoms with Crippen LogP contribution in [0.15, 0.2) is 18.2 Å². The van der Waals surface area contributed by atoms with Gasteiger partial charge in [0.2, 0.25) is 0 Å². The number of para-hydroxylation sites is 1. The summed E-state index contributed by atoms with van der Waals surface area (Å²) in [5.74, 6) is 0. The Morgan fingerprint density at radius 2 is 2.28 bits per heavy atom. The van der Waals surface area contributed by atoms with Crippen molar-refractivity contribution in [1.82, 2.24) is 4.90 Å². The lowest BCUT2D eigenvalue weighted by Gasteiger charge is -2.42. The summed E-state index contributed by atoms with van der Waals surface area (Å²) in [7, 11) is 0. The molecule has 1 saturated heterocycles. The molecule has 0 spiro atoms. The molecule has 2 aliphatic rings. The average Bonchev–Trinajstić information content (AvgIpc) is 2.81. The third-order valence-corrected chi connectivity index (χ3v) is 4.11. The molecule has 3 rings (SSSR count). The standard InChI is InChI=1S/C15H22N2O/c1-15(2)11-18-9-8-17(15)10-13-5-3-4-12-6-7-16-14(12)13/h3-5,16H,6-11H2,1-2H3. The molecule has 1 aromatic rings. The summed E-state index contributed by atoms with van der Waals surface area (Å²) in [5.41, 5.74) is 4.41. The van der Waals surface area contributed by atoms with Crippen LogP contribution in [0.4, 0.5) is 5.69 Å². The van der Waals surface area contributed by atoms with E-state index in [0.29, 0.717) is 0 Å². The number of hydrogen-bond donors (Lipinski definition) is 1. The molecule has 1 N–H and O–H groups in total. The van der Waals surface area contributed by atoms with Gasteiger partial charge in [-0.05, 0) is 31.4 Å². The summed E-state index contributed by atoms with van der Waals surface area (Å²) in [4.78, 5) is 2.53. The molecule has 2 heterocycles. The first-order valence-corrected chi connectivity index (χ1v) is 6.84. The van der Waals surface area contributed by atoms with Crippen LogP contribution in [0.1, 0.15) is 25.0 Å². The Kier molecular flexibility index (Phi) is 3.04. The number of nitrogens with zero attached hydrogens (tertiary/aromatic N) is 1. The van der Waals surface area contributed by atoms with Crippen molar-refractivity contribution >= 4 is 5.69 Å². The van der Waals surface area contributed by atoms with Crippen LogP contribution in [0.2, 0.25) is 0 Å². The molecule has 1 aromatic carbocycles. The second-order valence-electron chi connectivity index (χ2n) is 5.91. The van der Waals surface area contributed by atoms with Gasteiger partial charge in [0.05, 0.1) is 13.2 Å². The number of rotatable bonds is 2. The highest BCUT2D eigenvalue weighted by molar-refractivity contribution is 5.61. The minimum Gasteiger partial charge on any atom is -0.384 e. The lowest BCUT2D eigenvalue weighted by atomic mass is 10.00. The van der Waals surface area contributed by atoms with Crippen molar-refractivity contribution in [2.24, 2.45) is 0 Å². The lowest BCUT2D eigenvalue weighted by Crippen LogP contribution is -2.52. The van der Waals surface area contributed by atoms with Crippen molar-refractivity contribution in [1.29, 1.82) is 0 Å². The van der Waals surface area contributed by atoms with E-state index in [1.807, 2.05) is 0 Å². The van der Waals surface area contributed by atoms with Crippen molar-refractivity contribution in [2.45, 2.75) is 32.4 Å². The number of nitrogens with one attached hydrogen (secondary N) is 1. The zero-order valence-electron chi connectivity index (χ0n) is 11.3. The van der Waals surface area contributed by atoms with E-state index in [2.05, 4.69) is 42.3 Å². The fraction of sp³-hybridized carbons (Fsp3) is 0.600. The third-order valence-electron chi connectivity index (χ3n) is 4.11. The number of morpholine rings is 1. The van der Waals surface area contributed by atoms with Gasteiger partial charge >= 0.3 is 0 Å². The molecule has 0 atom stereocenters. The Morgan fingerprint density at radius 1 is 1.39 bits per heavy atom. The molecule has 3 nitrogen and oxygen atoms in total. The fourth-order valence-electron chi connectivity index (χ4n) is 2.93. The predicted octanol–water partition coefficient (Wildman–Crippen LogP) is 2.27. The van der Waals surface area contributed by atoms with Gasteiger partial charge in [-0.25, -0.2) is 0 Å². The Morgan fingerprint density at radius 3 is 3.11 bits per heavy atom. The third kappa shape index (κ3) is 2.13. The molecule has 0 radical (unpaired) electrons. The van der Waals surface area contributed by atoms with E-state index in [-0.39, 0.29) is 5.54 Å². The first-order valence-electron chi connectivity index (χ1n) is 6.84. The SMILES string of the molecule is CC1(C)COCCN1Cc1cccc2c1NCC2. The number of hydrogen-bond acceptors (Lipinski definition) is 3. The highest BCUT2D eigenvalue weighted by Crippen LogP contribution is 2.30. The average molecular weight is 246 g/mol. The van der Waals surface area contributed by atoms with Crippen LogP contribution in [-0.4, -0.2) is 36.7 Å². The molecule has 18 heavy (non-hydrogen) atoms.